The third kappa shape index (κ3) is 1.74. The lowest BCUT2D eigenvalue weighted by Gasteiger charge is -2.20. The zero-order chi connectivity index (χ0) is 10.8. The van der Waals surface area contributed by atoms with Crippen molar-refractivity contribution in [3.05, 3.63) is 17.5 Å². The lowest BCUT2D eigenvalue weighted by atomic mass is 10.1. The first-order valence-corrected chi connectivity index (χ1v) is 5.16. The van der Waals surface area contributed by atoms with E-state index in [1.807, 2.05) is 0 Å². The van der Waals surface area contributed by atoms with Crippen LogP contribution in [0.4, 0.5) is 0 Å². The molecule has 1 aliphatic heterocycles. The van der Waals surface area contributed by atoms with Gasteiger partial charge in [-0.25, -0.2) is 4.79 Å². The Balaban J connectivity index is 2.28. The second kappa shape index (κ2) is 4.02. The fraction of sp³-hybridized carbons (Fsp3) is 0.600. The van der Waals surface area contributed by atoms with Crippen molar-refractivity contribution in [2.45, 2.75) is 25.8 Å². The van der Waals surface area contributed by atoms with Gasteiger partial charge < -0.3 is 9.63 Å². The minimum absolute atomic E-state index is 0.0867. The van der Waals surface area contributed by atoms with E-state index in [-0.39, 0.29) is 11.6 Å². The van der Waals surface area contributed by atoms with E-state index in [0.29, 0.717) is 5.76 Å². The third-order valence-corrected chi connectivity index (χ3v) is 2.90. The summed E-state index contributed by atoms with van der Waals surface area (Å²) in [5.41, 5.74) is 0.195. The zero-order valence-corrected chi connectivity index (χ0v) is 8.64. The summed E-state index contributed by atoms with van der Waals surface area (Å²) in [5, 5.41) is 12.5. The van der Waals surface area contributed by atoms with Gasteiger partial charge in [-0.15, -0.1) is 0 Å². The molecule has 1 aliphatic rings. The predicted octanol–water partition coefficient (Wildman–Crippen LogP) is 1.53. The summed E-state index contributed by atoms with van der Waals surface area (Å²) >= 11 is 0. The number of rotatable bonds is 3. The van der Waals surface area contributed by atoms with Gasteiger partial charge in [-0.3, -0.25) is 4.90 Å². The monoisotopic (exact) mass is 210 g/mol. The standard InChI is InChI=1S/C10H14N2O3/c1-2-12-5-3-4-8(12)9-7(10(13)14)6-11-15-9/h6,8H,2-5H2,1H3,(H,13,14). The zero-order valence-electron chi connectivity index (χ0n) is 8.64. The molecule has 1 fully saturated rings. The molecule has 5 heteroatoms. The number of carbonyl (C=O) groups is 1. The summed E-state index contributed by atoms with van der Waals surface area (Å²) in [4.78, 5) is 13.1. The van der Waals surface area contributed by atoms with Crippen molar-refractivity contribution in [3.8, 4) is 0 Å². The van der Waals surface area contributed by atoms with Crippen molar-refractivity contribution >= 4 is 5.97 Å². The highest BCUT2D eigenvalue weighted by atomic mass is 16.5. The summed E-state index contributed by atoms with van der Waals surface area (Å²) in [5.74, 6) is -0.462. The number of carboxylic acids is 1. The molecule has 1 saturated heterocycles. The van der Waals surface area contributed by atoms with E-state index >= 15 is 0 Å². The number of likely N-dealkylation sites (tertiary alicyclic amines) is 1. The maximum absolute atomic E-state index is 10.9. The highest BCUT2D eigenvalue weighted by Gasteiger charge is 2.31. The van der Waals surface area contributed by atoms with Gasteiger partial charge in [0.15, 0.2) is 5.76 Å². The van der Waals surface area contributed by atoms with Gasteiger partial charge in [0, 0.05) is 0 Å². The number of nitrogens with zero attached hydrogens (tertiary/aromatic N) is 2. The van der Waals surface area contributed by atoms with E-state index in [9.17, 15) is 4.79 Å². The molecule has 0 aromatic carbocycles. The topological polar surface area (TPSA) is 66.6 Å². The van der Waals surface area contributed by atoms with Gasteiger partial charge in [-0.05, 0) is 25.9 Å². The second-order valence-electron chi connectivity index (χ2n) is 3.70. The van der Waals surface area contributed by atoms with Crippen molar-refractivity contribution in [3.63, 3.8) is 0 Å². The minimum Gasteiger partial charge on any atom is -0.478 e. The molecule has 2 heterocycles. The molecule has 2 rings (SSSR count). The van der Waals surface area contributed by atoms with Crippen molar-refractivity contribution in [1.82, 2.24) is 10.1 Å². The Morgan fingerprint density at radius 2 is 2.60 bits per heavy atom. The number of hydrogen-bond donors (Lipinski definition) is 1. The highest BCUT2D eigenvalue weighted by molar-refractivity contribution is 5.88. The number of carboxylic acid groups (broad SMARTS) is 1. The van der Waals surface area contributed by atoms with Crippen LogP contribution in [0.2, 0.25) is 0 Å². The van der Waals surface area contributed by atoms with E-state index in [2.05, 4.69) is 17.0 Å². The fourth-order valence-corrected chi connectivity index (χ4v) is 2.15. The van der Waals surface area contributed by atoms with Crippen molar-refractivity contribution in [2.75, 3.05) is 13.1 Å². The molecule has 15 heavy (non-hydrogen) atoms. The lowest BCUT2D eigenvalue weighted by Crippen LogP contribution is -2.23. The van der Waals surface area contributed by atoms with Crippen LogP contribution in [0.3, 0.4) is 0 Å². The molecule has 0 saturated carbocycles. The molecule has 1 aromatic heterocycles. The Morgan fingerprint density at radius 1 is 1.80 bits per heavy atom. The van der Waals surface area contributed by atoms with Crippen LogP contribution in [0.1, 0.15) is 41.9 Å². The first-order chi connectivity index (χ1) is 7.24. The molecule has 5 nitrogen and oxygen atoms in total. The third-order valence-electron chi connectivity index (χ3n) is 2.90. The lowest BCUT2D eigenvalue weighted by molar-refractivity contribution is 0.0690. The Kier molecular flexibility index (Phi) is 2.73. The molecule has 82 valence electrons. The van der Waals surface area contributed by atoms with Crippen molar-refractivity contribution < 1.29 is 14.4 Å². The van der Waals surface area contributed by atoms with Crippen LogP contribution >= 0.6 is 0 Å². The van der Waals surface area contributed by atoms with Crippen LogP contribution in [0.5, 0.6) is 0 Å². The van der Waals surface area contributed by atoms with Gasteiger partial charge in [-0.2, -0.15) is 0 Å². The second-order valence-corrected chi connectivity index (χ2v) is 3.70. The van der Waals surface area contributed by atoms with Crippen LogP contribution in [-0.4, -0.2) is 34.2 Å². The summed E-state index contributed by atoms with van der Waals surface area (Å²) < 4.78 is 5.07. The van der Waals surface area contributed by atoms with Gasteiger partial charge in [0.05, 0.1) is 12.2 Å². The van der Waals surface area contributed by atoms with Gasteiger partial charge in [0.1, 0.15) is 5.56 Å². The molecule has 1 aromatic rings. The van der Waals surface area contributed by atoms with Crippen LogP contribution < -0.4 is 0 Å². The van der Waals surface area contributed by atoms with Crippen LogP contribution in [0.15, 0.2) is 10.7 Å². The quantitative estimate of drug-likeness (QED) is 0.819. The van der Waals surface area contributed by atoms with Crippen LogP contribution in [0.25, 0.3) is 0 Å². The van der Waals surface area contributed by atoms with Crippen LogP contribution in [-0.2, 0) is 0 Å². The molecular weight excluding hydrogens is 196 g/mol. The molecule has 0 radical (unpaired) electrons. The molecule has 1 atom stereocenters. The highest BCUT2D eigenvalue weighted by Crippen LogP contribution is 2.33. The summed E-state index contributed by atoms with van der Waals surface area (Å²) in [7, 11) is 0. The Hall–Kier alpha value is -1.36. The molecule has 0 amide bonds. The average Bonchev–Trinajstić information content (AvgIpc) is 2.85. The Bertz CT molecular complexity index is 361. The molecular formula is C10H14N2O3. The van der Waals surface area contributed by atoms with Gasteiger partial charge in [-0.1, -0.05) is 12.1 Å². The molecule has 0 spiro atoms. The Morgan fingerprint density at radius 3 is 3.27 bits per heavy atom. The minimum atomic E-state index is -0.964. The SMILES string of the molecule is CCN1CCCC1c1oncc1C(=O)O. The normalized spacial score (nSPS) is 22.1. The van der Waals surface area contributed by atoms with Gasteiger partial charge in [0.2, 0.25) is 0 Å². The number of aromatic carboxylic acids is 1. The van der Waals surface area contributed by atoms with E-state index in [4.69, 9.17) is 9.63 Å². The summed E-state index contributed by atoms with van der Waals surface area (Å²) in [6.07, 6.45) is 3.31. The first kappa shape index (κ1) is 10.2. The first-order valence-electron chi connectivity index (χ1n) is 5.16. The van der Waals surface area contributed by atoms with Gasteiger partial charge >= 0.3 is 5.97 Å². The predicted molar refractivity (Wildman–Crippen MR) is 52.7 cm³/mol. The molecule has 0 aliphatic carbocycles. The van der Waals surface area contributed by atoms with E-state index in [0.717, 1.165) is 25.9 Å². The van der Waals surface area contributed by atoms with Crippen molar-refractivity contribution in [1.29, 1.82) is 0 Å². The van der Waals surface area contributed by atoms with E-state index in [1.54, 1.807) is 0 Å². The van der Waals surface area contributed by atoms with Crippen LogP contribution in [0, 0.1) is 0 Å². The smallest absolute Gasteiger partial charge is 0.341 e. The number of hydrogen-bond acceptors (Lipinski definition) is 4. The maximum Gasteiger partial charge on any atom is 0.341 e. The largest absolute Gasteiger partial charge is 0.478 e. The number of aromatic nitrogens is 1. The maximum atomic E-state index is 10.9. The summed E-state index contributed by atoms with van der Waals surface area (Å²) in [6.45, 7) is 3.97. The Labute approximate surface area is 87.7 Å². The summed E-state index contributed by atoms with van der Waals surface area (Å²) in [6, 6.07) is 0.0867. The average molecular weight is 210 g/mol. The van der Waals surface area contributed by atoms with Gasteiger partial charge in [0.25, 0.3) is 0 Å². The molecule has 1 unspecified atom stereocenters. The van der Waals surface area contributed by atoms with E-state index in [1.165, 1.54) is 6.20 Å². The molecule has 1 N–H and O–H groups in total. The fourth-order valence-electron chi connectivity index (χ4n) is 2.15. The van der Waals surface area contributed by atoms with E-state index < -0.39 is 5.97 Å². The molecule has 0 bridgehead atoms. The van der Waals surface area contributed by atoms with Crippen molar-refractivity contribution in [2.24, 2.45) is 0 Å².